The maximum atomic E-state index is 12.0. The summed E-state index contributed by atoms with van der Waals surface area (Å²) in [5.74, 6) is 0.751. The first-order valence-corrected chi connectivity index (χ1v) is 9.08. The van der Waals surface area contributed by atoms with E-state index in [2.05, 4.69) is 52.1 Å². The van der Waals surface area contributed by atoms with Gasteiger partial charge >= 0.3 is 0 Å². The van der Waals surface area contributed by atoms with Crippen LogP contribution in [0.5, 0.6) is 0 Å². The second-order valence-corrected chi connectivity index (χ2v) is 6.39. The Labute approximate surface area is 164 Å². The summed E-state index contributed by atoms with van der Waals surface area (Å²) in [5, 5.41) is 9.39. The number of nitrogens with one attached hydrogen (secondary N) is 3. The number of hydrogen-bond acceptors (Lipinski definition) is 3. The number of rotatable bonds is 6. The lowest BCUT2D eigenvalue weighted by Crippen LogP contribution is -2.36. The van der Waals surface area contributed by atoms with Crippen LogP contribution in [0.4, 0.5) is 5.69 Å². The van der Waals surface area contributed by atoms with Gasteiger partial charge in [-0.15, -0.1) is 0 Å². The largest absolute Gasteiger partial charge is 0.459 e. The molecule has 2 aromatic carbocycles. The van der Waals surface area contributed by atoms with Gasteiger partial charge in [0, 0.05) is 25.8 Å². The Hall–Kier alpha value is -3.54. The molecule has 0 aliphatic carbocycles. The molecule has 1 amide bonds. The fourth-order valence-corrected chi connectivity index (χ4v) is 2.60. The maximum Gasteiger partial charge on any atom is 0.291 e. The van der Waals surface area contributed by atoms with Crippen LogP contribution in [0.1, 0.15) is 27.2 Å². The molecule has 0 atom stereocenters. The van der Waals surface area contributed by atoms with Crippen LogP contribution in [0.25, 0.3) is 0 Å². The summed E-state index contributed by atoms with van der Waals surface area (Å²) in [6.07, 6.45) is 1.48. The van der Waals surface area contributed by atoms with Gasteiger partial charge in [-0.2, -0.15) is 0 Å². The third-order valence-electron chi connectivity index (χ3n) is 4.22. The van der Waals surface area contributed by atoms with Gasteiger partial charge < -0.3 is 20.4 Å². The van der Waals surface area contributed by atoms with Crippen LogP contribution < -0.4 is 16.0 Å². The molecule has 0 saturated heterocycles. The number of anilines is 1. The predicted octanol–water partition coefficient (Wildman–Crippen LogP) is 3.71. The minimum absolute atomic E-state index is 0.267. The molecule has 0 unspecified atom stereocenters. The normalized spacial score (nSPS) is 11.1. The molecule has 0 bridgehead atoms. The Balaban J connectivity index is 1.47. The number of carbonyl (C=O) groups excluding carboxylic acids is 1. The van der Waals surface area contributed by atoms with E-state index in [0.717, 1.165) is 11.5 Å². The average molecular weight is 376 g/mol. The number of aryl methyl sites for hydroxylation is 1. The highest BCUT2D eigenvalue weighted by molar-refractivity contribution is 6.02. The Bertz CT molecular complexity index is 914. The van der Waals surface area contributed by atoms with Gasteiger partial charge in [0.1, 0.15) is 0 Å². The van der Waals surface area contributed by atoms with E-state index in [-0.39, 0.29) is 11.7 Å². The van der Waals surface area contributed by atoms with Gasteiger partial charge in [0.2, 0.25) is 0 Å². The molecule has 3 rings (SSSR count). The van der Waals surface area contributed by atoms with E-state index in [1.54, 1.807) is 19.2 Å². The van der Waals surface area contributed by atoms with Crippen molar-refractivity contribution in [2.75, 3.05) is 12.4 Å². The number of carbonyl (C=O) groups is 1. The lowest BCUT2D eigenvalue weighted by atomic mass is 10.1. The minimum Gasteiger partial charge on any atom is -0.459 e. The van der Waals surface area contributed by atoms with Crippen LogP contribution in [0.3, 0.4) is 0 Å². The molecule has 0 aliphatic rings. The highest BCUT2D eigenvalue weighted by atomic mass is 16.3. The summed E-state index contributed by atoms with van der Waals surface area (Å²) in [5.41, 5.74) is 4.24. The second kappa shape index (κ2) is 9.41. The van der Waals surface area contributed by atoms with Crippen molar-refractivity contribution in [3.05, 3.63) is 89.4 Å². The lowest BCUT2D eigenvalue weighted by Gasteiger charge is -2.12. The molecular formula is C22H24N4O2. The number of nitrogens with zero attached hydrogens (tertiary/aromatic N) is 1. The molecular weight excluding hydrogens is 352 g/mol. The van der Waals surface area contributed by atoms with Crippen molar-refractivity contribution in [2.24, 2.45) is 4.99 Å². The maximum absolute atomic E-state index is 12.0. The van der Waals surface area contributed by atoms with E-state index in [1.807, 2.05) is 24.3 Å². The van der Waals surface area contributed by atoms with E-state index in [4.69, 9.17) is 4.42 Å². The van der Waals surface area contributed by atoms with Crippen LogP contribution in [0.2, 0.25) is 0 Å². The van der Waals surface area contributed by atoms with E-state index < -0.39 is 0 Å². The van der Waals surface area contributed by atoms with E-state index >= 15 is 0 Å². The Morgan fingerprint density at radius 2 is 1.54 bits per heavy atom. The molecule has 3 aromatic rings. The van der Waals surface area contributed by atoms with Gasteiger partial charge in [-0.3, -0.25) is 9.79 Å². The molecule has 3 N–H and O–H groups in total. The van der Waals surface area contributed by atoms with Crippen molar-refractivity contribution in [1.82, 2.24) is 10.6 Å². The smallest absolute Gasteiger partial charge is 0.291 e. The Morgan fingerprint density at radius 1 is 0.929 bits per heavy atom. The minimum atomic E-state index is -0.267. The van der Waals surface area contributed by atoms with Gasteiger partial charge in [0.25, 0.3) is 5.91 Å². The summed E-state index contributed by atoms with van der Waals surface area (Å²) in [6.45, 7) is 3.41. The first-order valence-electron chi connectivity index (χ1n) is 9.08. The van der Waals surface area contributed by atoms with Gasteiger partial charge in [0.15, 0.2) is 11.7 Å². The molecule has 0 fully saturated rings. The number of guanidine groups is 1. The first kappa shape index (κ1) is 19.2. The standard InChI is InChI=1S/C22H24N4O2/c1-16-5-7-17(8-6-16)14-24-22(23-2)25-15-18-9-11-19(12-10-18)26-21(27)20-4-3-13-28-20/h3-13H,14-15H2,1-2H3,(H,26,27)(H2,23,24,25). The topological polar surface area (TPSA) is 78.7 Å². The van der Waals surface area contributed by atoms with Crippen LogP contribution in [0, 0.1) is 6.92 Å². The first-order chi connectivity index (χ1) is 13.6. The van der Waals surface area contributed by atoms with Crippen molar-refractivity contribution >= 4 is 17.6 Å². The van der Waals surface area contributed by atoms with Crippen LogP contribution in [-0.4, -0.2) is 18.9 Å². The zero-order valence-corrected chi connectivity index (χ0v) is 16.0. The number of aliphatic imine (C=N–C) groups is 1. The zero-order valence-electron chi connectivity index (χ0n) is 16.0. The van der Waals surface area contributed by atoms with Gasteiger partial charge in [0.05, 0.1) is 6.26 Å². The summed E-state index contributed by atoms with van der Waals surface area (Å²) >= 11 is 0. The van der Waals surface area contributed by atoms with Crippen LogP contribution in [0.15, 0.2) is 76.3 Å². The zero-order chi connectivity index (χ0) is 19.8. The van der Waals surface area contributed by atoms with Gasteiger partial charge in [-0.05, 0) is 42.3 Å². The fourth-order valence-electron chi connectivity index (χ4n) is 2.60. The van der Waals surface area contributed by atoms with E-state index in [0.29, 0.717) is 18.8 Å². The second-order valence-electron chi connectivity index (χ2n) is 6.39. The van der Waals surface area contributed by atoms with Crippen molar-refractivity contribution < 1.29 is 9.21 Å². The monoisotopic (exact) mass is 376 g/mol. The molecule has 0 spiro atoms. The van der Waals surface area contributed by atoms with Crippen molar-refractivity contribution in [2.45, 2.75) is 20.0 Å². The molecule has 6 heteroatoms. The number of furan rings is 1. The van der Waals surface area contributed by atoms with Crippen molar-refractivity contribution in [1.29, 1.82) is 0 Å². The van der Waals surface area contributed by atoms with Crippen LogP contribution in [-0.2, 0) is 13.1 Å². The summed E-state index contributed by atoms with van der Waals surface area (Å²) in [4.78, 5) is 16.2. The highest BCUT2D eigenvalue weighted by Gasteiger charge is 2.08. The quantitative estimate of drug-likeness (QED) is 0.453. The lowest BCUT2D eigenvalue weighted by molar-refractivity contribution is 0.0996. The third kappa shape index (κ3) is 5.48. The molecule has 144 valence electrons. The van der Waals surface area contributed by atoms with Crippen LogP contribution >= 0.6 is 0 Å². The van der Waals surface area contributed by atoms with Gasteiger partial charge in [-0.25, -0.2) is 0 Å². The number of benzene rings is 2. The average Bonchev–Trinajstić information content (AvgIpc) is 3.26. The summed E-state index contributed by atoms with van der Waals surface area (Å²) in [7, 11) is 1.75. The molecule has 0 aliphatic heterocycles. The van der Waals surface area contributed by atoms with E-state index in [1.165, 1.54) is 17.4 Å². The van der Waals surface area contributed by atoms with Crippen molar-refractivity contribution in [3.63, 3.8) is 0 Å². The number of hydrogen-bond donors (Lipinski definition) is 3. The molecule has 6 nitrogen and oxygen atoms in total. The number of amides is 1. The highest BCUT2D eigenvalue weighted by Crippen LogP contribution is 2.12. The Morgan fingerprint density at radius 3 is 2.07 bits per heavy atom. The molecule has 1 heterocycles. The molecule has 28 heavy (non-hydrogen) atoms. The fraction of sp³-hybridized carbons (Fsp3) is 0.182. The summed E-state index contributed by atoms with van der Waals surface area (Å²) in [6, 6.07) is 19.3. The Kier molecular flexibility index (Phi) is 6.46. The third-order valence-corrected chi connectivity index (χ3v) is 4.22. The summed E-state index contributed by atoms with van der Waals surface area (Å²) < 4.78 is 5.09. The predicted molar refractivity (Wildman–Crippen MR) is 111 cm³/mol. The van der Waals surface area contributed by atoms with Gasteiger partial charge in [-0.1, -0.05) is 42.0 Å². The van der Waals surface area contributed by atoms with E-state index in [9.17, 15) is 4.79 Å². The molecule has 1 aromatic heterocycles. The molecule has 0 radical (unpaired) electrons. The SMILES string of the molecule is CN=C(NCc1ccc(C)cc1)NCc1ccc(NC(=O)c2ccco2)cc1. The molecule has 0 saturated carbocycles. The van der Waals surface area contributed by atoms with Crippen molar-refractivity contribution in [3.8, 4) is 0 Å².